The van der Waals surface area contributed by atoms with Gasteiger partial charge in [0, 0.05) is 46.4 Å². The van der Waals surface area contributed by atoms with Crippen molar-refractivity contribution in [2.75, 3.05) is 54.5 Å². The maximum atomic E-state index is 10.7. The van der Waals surface area contributed by atoms with Gasteiger partial charge in [0.05, 0.1) is 12.7 Å². The summed E-state index contributed by atoms with van der Waals surface area (Å²) in [6, 6.07) is 0. The van der Waals surface area contributed by atoms with E-state index in [1.807, 2.05) is 12.4 Å². The lowest BCUT2D eigenvalue weighted by Gasteiger charge is -2.12. The lowest BCUT2D eigenvalue weighted by molar-refractivity contribution is -0.121. The molecule has 1 atom stereocenters. The summed E-state index contributed by atoms with van der Waals surface area (Å²) in [5, 5.41) is 1.97. The van der Waals surface area contributed by atoms with E-state index >= 15 is 0 Å². The van der Waals surface area contributed by atoms with Gasteiger partial charge < -0.3 is 19.1 Å². The van der Waals surface area contributed by atoms with Crippen molar-refractivity contribution in [1.82, 2.24) is 14.9 Å². The van der Waals surface area contributed by atoms with E-state index in [1.54, 1.807) is 45.2 Å². The topological polar surface area (TPSA) is 89.1 Å². The van der Waals surface area contributed by atoms with E-state index in [-0.39, 0.29) is 6.10 Å². The number of nitrogens with one attached hydrogen (secondary N) is 2. The summed E-state index contributed by atoms with van der Waals surface area (Å²) >= 11 is 1.63. The summed E-state index contributed by atoms with van der Waals surface area (Å²) in [4.78, 5) is 22.1. The summed E-state index contributed by atoms with van der Waals surface area (Å²) in [5.74, 6) is 0.467. The summed E-state index contributed by atoms with van der Waals surface area (Å²) in [6.07, 6.45) is 3.29. The van der Waals surface area contributed by atoms with Gasteiger partial charge >= 0.3 is 0 Å². The quantitative estimate of drug-likeness (QED) is 0.232. The van der Waals surface area contributed by atoms with Gasteiger partial charge in [0.15, 0.2) is 0 Å². The van der Waals surface area contributed by atoms with Gasteiger partial charge in [-0.2, -0.15) is 0 Å². The highest BCUT2D eigenvalue weighted by atomic mass is 32.2. The van der Waals surface area contributed by atoms with E-state index in [0.717, 1.165) is 5.75 Å². The van der Waals surface area contributed by atoms with Crippen molar-refractivity contribution in [3.8, 4) is 0 Å². The van der Waals surface area contributed by atoms with Gasteiger partial charge in [-0.05, 0) is 7.05 Å². The number of rotatable bonds is 11. The molecule has 0 heterocycles. The van der Waals surface area contributed by atoms with Crippen molar-refractivity contribution in [2.24, 2.45) is 0 Å². The number of carbonyl (C=O) groups excluding carboxylic acids is 2. The van der Waals surface area contributed by atoms with Crippen LogP contribution in [0, 0.1) is 0 Å². The molecule has 2 amide bonds. The maximum absolute atomic E-state index is 10.7. The highest BCUT2D eigenvalue weighted by molar-refractivity contribution is 7.97. The molecule has 22 heavy (non-hydrogen) atoms. The summed E-state index contributed by atoms with van der Waals surface area (Å²) in [6.45, 7) is 1.05. The van der Waals surface area contributed by atoms with Crippen LogP contribution in [0.4, 0.5) is 0 Å². The van der Waals surface area contributed by atoms with Crippen LogP contribution in [0.25, 0.3) is 0 Å². The molecule has 0 aromatic rings. The number of methoxy groups -OCH3 is 3. The van der Waals surface area contributed by atoms with E-state index in [2.05, 4.69) is 4.72 Å². The highest BCUT2D eigenvalue weighted by Gasteiger charge is 2.04. The molecule has 8 nitrogen and oxygen atoms in total. The Kier molecular flexibility index (Phi) is 18.8. The summed E-state index contributed by atoms with van der Waals surface area (Å²) < 4.78 is 17.8. The van der Waals surface area contributed by atoms with Crippen molar-refractivity contribution in [2.45, 2.75) is 6.10 Å². The monoisotopic (exact) mass is 337 g/mol. The van der Waals surface area contributed by atoms with E-state index in [9.17, 15) is 9.59 Å². The first-order valence-electron chi connectivity index (χ1n) is 6.47. The molecule has 0 aromatic carbocycles. The Morgan fingerprint density at radius 1 is 1.32 bits per heavy atom. The number of carbonyl (C=O) groups is 2. The standard InChI is InChI=1S/C7H12N2O3.C6H15NO2S/c1-9(6-12-2)4-3-7(11)8-5-10;1-7-10-5-6(9-3)4-8-2/h3-5H,6H2,1-2H3,(H,8,10,11);6-7H,4-5H2,1-3H3/b4-3-;. The van der Waals surface area contributed by atoms with E-state index < -0.39 is 5.91 Å². The molecule has 0 aliphatic carbocycles. The van der Waals surface area contributed by atoms with Crippen LogP contribution in [0.1, 0.15) is 0 Å². The van der Waals surface area contributed by atoms with Crippen molar-refractivity contribution < 1.29 is 23.8 Å². The second kappa shape index (κ2) is 17.9. The molecule has 0 radical (unpaired) electrons. The number of imide groups is 1. The first-order valence-corrected chi connectivity index (χ1v) is 7.45. The van der Waals surface area contributed by atoms with Crippen LogP contribution >= 0.6 is 11.9 Å². The fourth-order valence-electron chi connectivity index (χ4n) is 1.09. The van der Waals surface area contributed by atoms with Crippen molar-refractivity contribution in [3.05, 3.63) is 12.3 Å². The first-order chi connectivity index (χ1) is 10.5. The van der Waals surface area contributed by atoms with Crippen molar-refractivity contribution in [3.63, 3.8) is 0 Å². The minimum atomic E-state index is -0.451. The fourth-order valence-corrected chi connectivity index (χ4v) is 1.68. The Balaban J connectivity index is 0. The van der Waals surface area contributed by atoms with Crippen LogP contribution in [-0.2, 0) is 23.8 Å². The molecular weight excluding hydrogens is 310 g/mol. The largest absolute Gasteiger partial charge is 0.382 e. The molecule has 130 valence electrons. The van der Waals surface area contributed by atoms with Gasteiger partial charge in [0.25, 0.3) is 5.91 Å². The van der Waals surface area contributed by atoms with Crippen LogP contribution in [-0.4, -0.2) is 77.8 Å². The Morgan fingerprint density at radius 2 is 2.00 bits per heavy atom. The molecule has 9 heteroatoms. The molecular formula is C13H27N3O5S. The summed E-state index contributed by atoms with van der Waals surface area (Å²) in [7, 11) is 8.56. The minimum Gasteiger partial charge on any atom is -0.382 e. The van der Waals surface area contributed by atoms with Crippen LogP contribution in [0.15, 0.2) is 12.3 Å². The Bertz CT molecular complexity index is 305. The molecule has 0 fully saturated rings. The van der Waals surface area contributed by atoms with Gasteiger partial charge in [0.1, 0.15) is 6.73 Å². The lowest BCUT2D eigenvalue weighted by Crippen LogP contribution is -2.21. The van der Waals surface area contributed by atoms with E-state index in [0.29, 0.717) is 19.7 Å². The zero-order chi connectivity index (χ0) is 17.2. The number of hydrogen-bond donors (Lipinski definition) is 2. The van der Waals surface area contributed by atoms with Crippen molar-refractivity contribution >= 4 is 24.3 Å². The average molecular weight is 337 g/mol. The van der Waals surface area contributed by atoms with Gasteiger partial charge in [-0.15, -0.1) is 0 Å². The second-order valence-corrected chi connectivity index (χ2v) is 4.98. The van der Waals surface area contributed by atoms with Crippen LogP contribution < -0.4 is 10.0 Å². The zero-order valence-electron chi connectivity index (χ0n) is 13.8. The average Bonchev–Trinajstić information content (AvgIpc) is 2.50. The molecule has 0 rings (SSSR count). The number of ether oxygens (including phenoxy) is 3. The van der Waals surface area contributed by atoms with Gasteiger partial charge in [0.2, 0.25) is 6.41 Å². The third-order valence-corrected chi connectivity index (χ3v) is 2.94. The molecule has 2 N–H and O–H groups in total. The fraction of sp³-hybridized carbons (Fsp3) is 0.692. The van der Waals surface area contributed by atoms with Gasteiger partial charge in [-0.25, -0.2) is 0 Å². The SMILES string of the molecule is CNSCC(COC)OC.COCN(C)/C=C\C(=O)NC=O. The molecule has 0 bridgehead atoms. The number of nitrogens with zero attached hydrogens (tertiary/aromatic N) is 1. The Morgan fingerprint density at radius 3 is 2.45 bits per heavy atom. The smallest absolute Gasteiger partial charge is 0.251 e. The highest BCUT2D eigenvalue weighted by Crippen LogP contribution is 1.99. The number of hydrogen-bond acceptors (Lipinski definition) is 8. The maximum Gasteiger partial charge on any atom is 0.251 e. The van der Waals surface area contributed by atoms with Crippen LogP contribution in [0.3, 0.4) is 0 Å². The minimum absolute atomic E-state index is 0.197. The van der Waals surface area contributed by atoms with Crippen molar-refractivity contribution in [1.29, 1.82) is 0 Å². The van der Waals surface area contributed by atoms with Gasteiger partial charge in [-0.3, -0.25) is 19.6 Å². The predicted octanol–water partition coefficient (Wildman–Crippen LogP) is -0.176. The molecule has 0 aliphatic rings. The molecule has 0 saturated carbocycles. The third-order valence-electron chi connectivity index (χ3n) is 2.11. The molecule has 0 aliphatic heterocycles. The third kappa shape index (κ3) is 16.9. The second-order valence-electron chi connectivity index (χ2n) is 3.95. The van der Waals surface area contributed by atoms with Crippen LogP contribution in [0.2, 0.25) is 0 Å². The normalized spacial score (nSPS) is 11.5. The molecule has 0 spiro atoms. The van der Waals surface area contributed by atoms with Crippen LogP contribution in [0.5, 0.6) is 0 Å². The molecule has 0 saturated heterocycles. The predicted molar refractivity (Wildman–Crippen MR) is 87.2 cm³/mol. The Hall–Kier alpha value is -1.13. The Labute approximate surface area is 136 Å². The molecule has 0 aromatic heterocycles. The van der Waals surface area contributed by atoms with E-state index in [4.69, 9.17) is 14.2 Å². The summed E-state index contributed by atoms with van der Waals surface area (Å²) in [5.41, 5.74) is 0. The lowest BCUT2D eigenvalue weighted by atomic mass is 10.4. The van der Waals surface area contributed by atoms with E-state index in [1.165, 1.54) is 12.3 Å². The zero-order valence-corrected chi connectivity index (χ0v) is 14.6. The molecule has 1 unspecified atom stereocenters. The van der Waals surface area contributed by atoms with Gasteiger partial charge in [-0.1, -0.05) is 11.9 Å². The first kappa shape index (κ1) is 23.1. The number of amides is 2.